The van der Waals surface area contributed by atoms with Crippen molar-refractivity contribution >= 4 is 17.2 Å². The average molecular weight is 246 g/mol. The van der Waals surface area contributed by atoms with Crippen molar-refractivity contribution in [3.63, 3.8) is 0 Å². The lowest BCUT2D eigenvalue weighted by Gasteiger charge is -2.38. The van der Waals surface area contributed by atoms with Crippen LogP contribution in [0.15, 0.2) is 18.2 Å². The standard InChI is InChI=1S/C15H22N2O/c1-11(18)13-5-4-12(10-14(13)16)17-8-6-15(2,3)7-9-17/h4-5,10H,6-9,16H2,1-3H3. The van der Waals surface area contributed by atoms with E-state index in [9.17, 15) is 4.79 Å². The van der Waals surface area contributed by atoms with Gasteiger partial charge in [0.15, 0.2) is 5.78 Å². The summed E-state index contributed by atoms with van der Waals surface area (Å²) in [5.74, 6) is 0.0267. The number of nitrogen functional groups attached to an aromatic ring is 1. The zero-order valence-electron chi connectivity index (χ0n) is 11.5. The Hall–Kier alpha value is -1.51. The maximum absolute atomic E-state index is 11.3. The van der Waals surface area contributed by atoms with Crippen LogP contribution in [-0.2, 0) is 0 Å². The molecule has 1 saturated heterocycles. The van der Waals surface area contributed by atoms with Crippen molar-refractivity contribution in [2.24, 2.45) is 5.41 Å². The average Bonchev–Trinajstić information content (AvgIpc) is 2.28. The number of carbonyl (C=O) groups excluding carboxylic acids is 1. The van der Waals surface area contributed by atoms with E-state index in [4.69, 9.17) is 5.73 Å². The molecule has 3 nitrogen and oxygen atoms in total. The number of carbonyl (C=O) groups is 1. The lowest BCUT2D eigenvalue weighted by molar-refractivity contribution is 0.101. The van der Waals surface area contributed by atoms with Crippen LogP contribution in [0, 0.1) is 5.41 Å². The summed E-state index contributed by atoms with van der Waals surface area (Å²) in [5, 5.41) is 0. The Morgan fingerprint density at radius 3 is 2.39 bits per heavy atom. The summed E-state index contributed by atoms with van der Waals surface area (Å²) >= 11 is 0. The van der Waals surface area contributed by atoms with Gasteiger partial charge in [0, 0.05) is 30.0 Å². The topological polar surface area (TPSA) is 46.3 Å². The second kappa shape index (κ2) is 4.63. The Labute approximate surface area is 109 Å². The van der Waals surface area contributed by atoms with Gasteiger partial charge in [0.2, 0.25) is 0 Å². The van der Waals surface area contributed by atoms with Crippen LogP contribution in [0.1, 0.15) is 44.0 Å². The first kappa shape index (κ1) is 12.9. The number of hydrogen-bond acceptors (Lipinski definition) is 3. The number of benzene rings is 1. The summed E-state index contributed by atoms with van der Waals surface area (Å²) in [7, 11) is 0. The third kappa shape index (κ3) is 2.66. The molecular weight excluding hydrogens is 224 g/mol. The highest BCUT2D eigenvalue weighted by atomic mass is 16.1. The van der Waals surface area contributed by atoms with Crippen LogP contribution < -0.4 is 10.6 Å². The summed E-state index contributed by atoms with van der Waals surface area (Å²) in [6.45, 7) is 8.31. The van der Waals surface area contributed by atoms with Crippen LogP contribution in [0.3, 0.4) is 0 Å². The molecule has 98 valence electrons. The highest BCUT2D eigenvalue weighted by Crippen LogP contribution is 2.33. The van der Waals surface area contributed by atoms with Gasteiger partial charge in [-0.25, -0.2) is 0 Å². The van der Waals surface area contributed by atoms with Gasteiger partial charge in [-0.3, -0.25) is 4.79 Å². The fraction of sp³-hybridized carbons (Fsp3) is 0.533. The van der Waals surface area contributed by atoms with Gasteiger partial charge in [0.25, 0.3) is 0 Å². The molecule has 0 atom stereocenters. The molecular formula is C15H22N2O. The number of Topliss-reactive ketones (excluding diaryl/α,β-unsaturated/α-hetero) is 1. The van der Waals surface area contributed by atoms with E-state index in [-0.39, 0.29) is 5.78 Å². The number of piperidine rings is 1. The number of nitrogens with two attached hydrogens (primary N) is 1. The molecule has 1 aliphatic rings. The summed E-state index contributed by atoms with van der Waals surface area (Å²) in [6, 6.07) is 5.77. The maximum Gasteiger partial charge on any atom is 0.161 e. The first-order chi connectivity index (χ1) is 8.39. The highest BCUT2D eigenvalue weighted by Gasteiger charge is 2.25. The lowest BCUT2D eigenvalue weighted by atomic mass is 9.82. The van der Waals surface area contributed by atoms with Crippen molar-refractivity contribution in [1.82, 2.24) is 0 Å². The van der Waals surface area contributed by atoms with Crippen LogP contribution in [0.5, 0.6) is 0 Å². The van der Waals surface area contributed by atoms with Crippen molar-refractivity contribution in [2.75, 3.05) is 23.7 Å². The van der Waals surface area contributed by atoms with Crippen molar-refractivity contribution in [2.45, 2.75) is 33.6 Å². The second-order valence-corrected chi connectivity index (χ2v) is 5.98. The van der Waals surface area contributed by atoms with Gasteiger partial charge in [-0.2, -0.15) is 0 Å². The van der Waals surface area contributed by atoms with Crippen LogP contribution in [0.25, 0.3) is 0 Å². The molecule has 0 amide bonds. The molecule has 0 unspecified atom stereocenters. The molecule has 0 radical (unpaired) electrons. The van der Waals surface area contributed by atoms with Gasteiger partial charge < -0.3 is 10.6 Å². The summed E-state index contributed by atoms with van der Waals surface area (Å²) in [5.41, 5.74) is 8.72. The molecule has 1 aromatic rings. The van der Waals surface area contributed by atoms with Crippen molar-refractivity contribution in [3.8, 4) is 0 Å². The van der Waals surface area contributed by atoms with Crippen LogP contribution in [0.4, 0.5) is 11.4 Å². The summed E-state index contributed by atoms with van der Waals surface area (Å²) in [4.78, 5) is 13.7. The second-order valence-electron chi connectivity index (χ2n) is 5.98. The van der Waals surface area contributed by atoms with Gasteiger partial charge in [-0.15, -0.1) is 0 Å². The third-order valence-electron chi connectivity index (χ3n) is 3.90. The van der Waals surface area contributed by atoms with Gasteiger partial charge in [0.05, 0.1) is 0 Å². The Bertz CT molecular complexity index is 456. The van der Waals surface area contributed by atoms with Crippen LogP contribution >= 0.6 is 0 Å². The van der Waals surface area contributed by atoms with Crippen LogP contribution in [-0.4, -0.2) is 18.9 Å². The molecule has 3 heteroatoms. The normalized spacial score (nSPS) is 18.7. The number of hydrogen-bond donors (Lipinski definition) is 1. The number of anilines is 2. The first-order valence-corrected chi connectivity index (χ1v) is 6.54. The largest absolute Gasteiger partial charge is 0.398 e. The molecule has 1 aromatic carbocycles. The molecule has 1 aliphatic heterocycles. The minimum atomic E-state index is 0.0267. The van der Waals surface area contributed by atoms with Crippen molar-refractivity contribution < 1.29 is 4.79 Å². The summed E-state index contributed by atoms with van der Waals surface area (Å²) in [6.07, 6.45) is 2.39. The van der Waals surface area contributed by atoms with E-state index >= 15 is 0 Å². The van der Waals surface area contributed by atoms with E-state index in [1.54, 1.807) is 6.92 Å². The van der Waals surface area contributed by atoms with Crippen LogP contribution in [0.2, 0.25) is 0 Å². The third-order valence-corrected chi connectivity index (χ3v) is 3.90. The van der Waals surface area contributed by atoms with Crippen molar-refractivity contribution in [3.05, 3.63) is 23.8 Å². The highest BCUT2D eigenvalue weighted by molar-refractivity contribution is 5.99. The Balaban J connectivity index is 2.16. The zero-order chi connectivity index (χ0) is 13.3. The van der Waals surface area contributed by atoms with E-state index < -0.39 is 0 Å². The quantitative estimate of drug-likeness (QED) is 0.644. The lowest BCUT2D eigenvalue weighted by Crippen LogP contribution is -2.37. The maximum atomic E-state index is 11.3. The molecule has 2 rings (SSSR count). The predicted molar refractivity (Wildman–Crippen MR) is 76.1 cm³/mol. The smallest absolute Gasteiger partial charge is 0.161 e. The van der Waals surface area contributed by atoms with E-state index in [1.165, 1.54) is 12.8 Å². The van der Waals surface area contributed by atoms with E-state index in [0.717, 1.165) is 18.8 Å². The Morgan fingerprint density at radius 2 is 1.89 bits per heavy atom. The molecule has 1 heterocycles. The molecule has 2 N–H and O–H groups in total. The number of rotatable bonds is 2. The van der Waals surface area contributed by atoms with E-state index in [1.807, 2.05) is 18.2 Å². The fourth-order valence-corrected chi connectivity index (χ4v) is 2.44. The Morgan fingerprint density at radius 1 is 1.28 bits per heavy atom. The minimum Gasteiger partial charge on any atom is -0.398 e. The van der Waals surface area contributed by atoms with E-state index in [2.05, 4.69) is 18.7 Å². The fourth-order valence-electron chi connectivity index (χ4n) is 2.44. The van der Waals surface area contributed by atoms with Gasteiger partial charge in [-0.05, 0) is 43.4 Å². The molecule has 0 spiro atoms. The predicted octanol–water partition coefficient (Wildman–Crippen LogP) is 3.10. The molecule has 18 heavy (non-hydrogen) atoms. The molecule has 0 aromatic heterocycles. The van der Waals surface area contributed by atoms with E-state index in [0.29, 0.717) is 16.7 Å². The minimum absolute atomic E-state index is 0.0267. The molecule has 0 saturated carbocycles. The first-order valence-electron chi connectivity index (χ1n) is 6.54. The molecule has 0 bridgehead atoms. The van der Waals surface area contributed by atoms with Crippen molar-refractivity contribution in [1.29, 1.82) is 0 Å². The Kier molecular flexibility index (Phi) is 3.33. The van der Waals surface area contributed by atoms with Gasteiger partial charge >= 0.3 is 0 Å². The summed E-state index contributed by atoms with van der Waals surface area (Å²) < 4.78 is 0. The zero-order valence-corrected chi connectivity index (χ0v) is 11.5. The molecule has 0 aliphatic carbocycles. The van der Waals surface area contributed by atoms with Gasteiger partial charge in [0.1, 0.15) is 0 Å². The number of nitrogens with zero attached hydrogens (tertiary/aromatic N) is 1. The molecule has 1 fully saturated rings. The SMILES string of the molecule is CC(=O)c1ccc(N2CCC(C)(C)CC2)cc1N. The number of ketones is 1. The monoisotopic (exact) mass is 246 g/mol. The van der Waals surface area contributed by atoms with Gasteiger partial charge in [-0.1, -0.05) is 13.8 Å².